The summed E-state index contributed by atoms with van der Waals surface area (Å²) in [5.74, 6) is 1.55. The molecular formula is C22H25FN4. The van der Waals surface area contributed by atoms with Crippen molar-refractivity contribution in [3.8, 4) is 0 Å². The Morgan fingerprint density at radius 1 is 1.00 bits per heavy atom. The second kappa shape index (κ2) is 8.62. The Bertz CT molecular complexity index is 891. The molecular weight excluding hydrogens is 339 g/mol. The third-order valence-electron chi connectivity index (χ3n) is 4.31. The lowest BCUT2D eigenvalue weighted by molar-refractivity contribution is 0.627. The number of aryl methyl sites for hydroxylation is 1. The highest BCUT2D eigenvalue weighted by atomic mass is 19.1. The number of hydrogen-bond acceptors (Lipinski definition) is 4. The van der Waals surface area contributed by atoms with Gasteiger partial charge in [0.25, 0.3) is 0 Å². The smallest absolute Gasteiger partial charge is 0.224 e. The van der Waals surface area contributed by atoms with Crippen molar-refractivity contribution in [3.63, 3.8) is 0 Å². The molecule has 1 aromatic heterocycles. The van der Waals surface area contributed by atoms with Crippen molar-refractivity contribution >= 4 is 17.5 Å². The lowest BCUT2D eigenvalue weighted by Gasteiger charge is -2.15. The molecule has 0 aliphatic rings. The molecule has 140 valence electrons. The molecule has 0 atom stereocenters. The molecule has 5 heteroatoms. The fraction of sp³-hybridized carbons (Fsp3) is 0.273. The van der Waals surface area contributed by atoms with E-state index in [-0.39, 0.29) is 5.82 Å². The summed E-state index contributed by atoms with van der Waals surface area (Å²) in [6, 6.07) is 16.7. The van der Waals surface area contributed by atoms with Crippen LogP contribution in [-0.2, 0) is 6.42 Å². The fourth-order valence-corrected chi connectivity index (χ4v) is 2.93. The minimum Gasteiger partial charge on any atom is -0.354 e. The number of rotatable bonds is 7. The maximum atomic E-state index is 13.0. The van der Waals surface area contributed by atoms with E-state index in [0.717, 1.165) is 29.2 Å². The summed E-state index contributed by atoms with van der Waals surface area (Å²) in [5.41, 5.74) is 4.27. The Hall–Kier alpha value is -2.95. The highest BCUT2D eigenvalue weighted by molar-refractivity contribution is 5.62. The maximum absolute atomic E-state index is 13.0. The molecule has 3 aromatic rings. The fourth-order valence-electron chi connectivity index (χ4n) is 2.93. The van der Waals surface area contributed by atoms with E-state index in [1.807, 2.05) is 25.1 Å². The lowest BCUT2D eigenvalue weighted by Crippen LogP contribution is -2.10. The van der Waals surface area contributed by atoms with E-state index >= 15 is 0 Å². The van der Waals surface area contributed by atoms with Gasteiger partial charge < -0.3 is 10.6 Å². The molecule has 0 aliphatic heterocycles. The van der Waals surface area contributed by atoms with Gasteiger partial charge in [-0.1, -0.05) is 44.2 Å². The van der Waals surface area contributed by atoms with Crippen molar-refractivity contribution in [2.24, 2.45) is 0 Å². The molecule has 0 radical (unpaired) electrons. The van der Waals surface area contributed by atoms with E-state index in [1.54, 1.807) is 12.1 Å². The molecule has 27 heavy (non-hydrogen) atoms. The zero-order chi connectivity index (χ0) is 19.2. The van der Waals surface area contributed by atoms with Crippen LogP contribution in [0.5, 0.6) is 0 Å². The molecule has 0 aliphatic carbocycles. The van der Waals surface area contributed by atoms with Crippen LogP contribution in [-0.4, -0.2) is 16.5 Å². The molecule has 0 amide bonds. The molecule has 1 heterocycles. The first-order valence-electron chi connectivity index (χ1n) is 9.21. The molecule has 2 aromatic carbocycles. The molecule has 3 rings (SSSR count). The highest BCUT2D eigenvalue weighted by Crippen LogP contribution is 2.26. The van der Waals surface area contributed by atoms with Crippen molar-refractivity contribution in [1.82, 2.24) is 9.97 Å². The van der Waals surface area contributed by atoms with Crippen LogP contribution in [0.1, 0.15) is 36.6 Å². The van der Waals surface area contributed by atoms with Gasteiger partial charge in [0, 0.05) is 24.0 Å². The number of nitrogens with zero attached hydrogens (tertiary/aromatic N) is 2. The van der Waals surface area contributed by atoms with E-state index in [0.29, 0.717) is 18.4 Å². The number of benzene rings is 2. The normalized spacial score (nSPS) is 10.9. The largest absolute Gasteiger partial charge is 0.354 e. The first kappa shape index (κ1) is 18.8. The second-order valence-electron chi connectivity index (χ2n) is 6.89. The van der Waals surface area contributed by atoms with E-state index in [2.05, 4.69) is 46.6 Å². The number of aromatic nitrogens is 2. The monoisotopic (exact) mass is 364 g/mol. The lowest BCUT2D eigenvalue weighted by atomic mass is 10.0. The Morgan fingerprint density at radius 2 is 1.74 bits per heavy atom. The molecule has 0 fully saturated rings. The van der Waals surface area contributed by atoms with Gasteiger partial charge in [-0.25, -0.2) is 9.37 Å². The van der Waals surface area contributed by atoms with Crippen molar-refractivity contribution in [3.05, 3.63) is 77.2 Å². The highest BCUT2D eigenvalue weighted by Gasteiger charge is 2.08. The molecule has 0 saturated carbocycles. The standard InChI is InChI=1S/C22H25FN4/c1-15(2)19-6-4-5-7-20(19)26-21-14-16(3)25-22(27-21)24-13-12-17-8-10-18(23)11-9-17/h4-11,14-15H,12-13H2,1-3H3,(H2,24,25,26,27). The topological polar surface area (TPSA) is 49.8 Å². The molecule has 0 saturated heterocycles. The van der Waals surface area contributed by atoms with Crippen LogP contribution in [0.15, 0.2) is 54.6 Å². The van der Waals surface area contributed by atoms with Gasteiger partial charge in [-0.15, -0.1) is 0 Å². The van der Waals surface area contributed by atoms with Crippen LogP contribution in [0.2, 0.25) is 0 Å². The zero-order valence-electron chi connectivity index (χ0n) is 16.0. The number of nitrogens with one attached hydrogen (secondary N) is 2. The number of anilines is 3. The average molecular weight is 364 g/mol. The van der Waals surface area contributed by atoms with Gasteiger partial charge in [0.1, 0.15) is 11.6 Å². The Balaban J connectivity index is 1.68. The van der Waals surface area contributed by atoms with Gasteiger partial charge in [0.2, 0.25) is 5.95 Å². The maximum Gasteiger partial charge on any atom is 0.224 e. The summed E-state index contributed by atoms with van der Waals surface area (Å²) in [6.45, 7) is 6.98. The third-order valence-corrected chi connectivity index (χ3v) is 4.31. The van der Waals surface area contributed by atoms with E-state index in [4.69, 9.17) is 0 Å². The molecule has 2 N–H and O–H groups in total. The molecule has 0 unspecified atom stereocenters. The van der Waals surface area contributed by atoms with Gasteiger partial charge in [-0.2, -0.15) is 4.98 Å². The van der Waals surface area contributed by atoms with Crippen LogP contribution < -0.4 is 10.6 Å². The Kier molecular flexibility index (Phi) is 6.01. The van der Waals surface area contributed by atoms with Crippen LogP contribution in [0.3, 0.4) is 0 Å². The molecule has 0 spiro atoms. The summed E-state index contributed by atoms with van der Waals surface area (Å²) in [6.07, 6.45) is 0.774. The molecule has 0 bridgehead atoms. The number of hydrogen-bond donors (Lipinski definition) is 2. The first-order chi connectivity index (χ1) is 13.0. The van der Waals surface area contributed by atoms with Crippen molar-refractivity contribution in [2.45, 2.75) is 33.1 Å². The minimum absolute atomic E-state index is 0.217. The summed E-state index contributed by atoms with van der Waals surface area (Å²) in [4.78, 5) is 9.04. The minimum atomic E-state index is -0.217. The van der Waals surface area contributed by atoms with Crippen molar-refractivity contribution in [2.75, 3.05) is 17.2 Å². The van der Waals surface area contributed by atoms with Gasteiger partial charge in [0.15, 0.2) is 0 Å². The Morgan fingerprint density at radius 3 is 2.48 bits per heavy atom. The van der Waals surface area contributed by atoms with Gasteiger partial charge in [0.05, 0.1) is 0 Å². The summed E-state index contributed by atoms with van der Waals surface area (Å²) in [5, 5.41) is 6.67. The zero-order valence-corrected chi connectivity index (χ0v) is 16.0. The van der Waals surface area contributed by atoms with Crippen molar-refractivity contribution in [1.29, 1.82) is 0 Å². The van der Waals surface area contributed by atoms with Gasteiger partial charge in [-0.05, 0) is 48.6 Å². The second-order valence-corrected chi connectivity index (χ2v) is 6.89. The van der Waals surface area contributed by atoms with Crippen molar-refractivity contribution < 1.29 is 4.39 Å². The number of halogens is 1. The SMILES string of the molecule is Cc1cc(Nc2ccccc2C(C)C)nc(NCCc2ccc(F)cc2)n1. The van der Waals surface area contributed by atoms with E-state index in [1.165, 1.54) is 17.7 Å². The summed E-state index contributed by atoms with van der Waals surface area (Å²) < 4.78 is 13.0. The van der Waals surface area contributed by atoms with E-state index in [9.17, 15) is 4.39 Å². The predicted molar refractivity (Wildman–Crippen MR) is 109 cm³/mol. The summed E-state index contributed by atoms with van der Waals surface area (Å²) in [7, 11) is 0. The summed E-state index contributed by atoms with van der Waals surface area (Å²) >= 11 is 0. The van der Waals surface area contributed by atoms with Crippen LogP contribution >= 0.6 is 0 Å². The van der Waals surface area contributed by atoms with Crippen LogP contribution in [0.4, 0.5) is 21.8 Å². The Labute approximate surface area is 159 Å². The van der Waals surface area contributed by atoms with E-state index < -0.39 is 0 Å². The number of para-hydroxylation sites is 1. The van der Waals surface area contributed by atoms with Crippen LogP contribution in [0, 0.1) is 12.7 Å². The quantitative estimate of drug-likeness (QED) is 0.586. The van der Waals surface area contributed by atoms with Gasteiger partial charge in [-0.3, -0.25) is 0 Å². The van der Waals surface area contributed by atoms with Crippen LogP contribution in [0.25, 0.3) is 0 Å². The van der Waals surface area contributed by atoms with Gasteiger partial charge >= 0.3 is 0 Å². The molecule has 4 nitrogen and oxygen atoms in total. The average Bonchev–Trinajstić information content (AvgIpc) is 2.63. The first-order valence-corrected chi connectivity index (χ1v) is 9.21. The predicted octanol–water partition coefficient (Wildman–Crippen LogP) is 5.45. The third kappa shape index (κ3) is 5.26.